The second-order valence-electron chi connectivity index (χ2n) is 11.3. The summed E-state index contributed by atoms with van der Waals surface area (Å²) in [5.41, 5.74) is 1.58. The van der Waals surface area contributed by atoms with Gasteiger partial charge >= 0.3 is 12.2 Å². The molecule has 1 aliphatic carbocycles. The number of benzene rings is 1. The van der Waals surface area contributed by atoms with E-state index < -0.39 is 29.7 Å². The molecule has 1 aliphatic heterocycles. The van der Waals surface area contributed by atoms with Crippen LogP contribution in [-0.4, -0.2) is 61.6 Å². The van der Waals surface area contributed by atoms with E-state index in [-0.39, 0.29) is 23.9 Å². The first kappa shape index (κ1) is 26.7. The first-order chi connectivity index (χ1) is 18.5. The Hall–Kier alpha value is -3.89. The van der Waals surface area contributed by atoms with Gasteiger partial charge in [0.25, 0.3) is 0 Å². The Morgan fingerprint density at radius 1 is 1.13 bits per heavy atom. The second-order valence-corrected chi connectivity index (χ2v) is 11.3. The molecule has 1 atom stereocenters. The molecule has 2 fully saturated rings. The SMILES string of the molecule is Cc1cc(F)cc(N(C(=O)OC(C)(C)C)c2cc(OC3CCCN(C(=O)O)C3)nc3c(C4CCC4)cnn23)c1. The molecular formula is C28H34FN5O5. The molecule has 2 aliphatic rings. The maximum atomic E-state index is 14.6. The number of halogens is 1. The Kier molecular flexibility index (Phi) is 7.09. The van der Waals surface area contributed by atoms with Crippen LogP contribution in [0.25, 0.3) is 5.65 Å². The lowest BCUT2D eigenvalue weighted by Gasteiger charge is -2.31. The molecule has 39 heavy (non-hydrogen) atoms. The maximum absolute atomic E-state index is 14.6. The van der Waals surface area contributed by atoms with Gasteiger partial charge in [-0.25, -0.2) is 18.9 Å². The summed E-state index contributed by atoms with van der Waals surface area (Å²) in [5, 5.41) is 14.0. The summed E-state index contributed by atoms with van der Waals surface area (Å²) in [7, 11) is 0. The van der Waals surface area contributed by atoms with Crippen molar-refractivity contribution in [3.63, 3.8) is 0 Å². The highest BCUT2D eigenvalue weighted by atomic mass is 19.1. The quantitative estimate of drug-likeness (QED) is 0.421. The summed E-state index contributed by atoms with van der Waals surface area (Å²) in [4.78, 5) is 32.6. The third kappa shape index (κ3) is 5.76. The number of aryl methyl sites for hydroxylation is 1. The smallest absolute Gasteiger partial charge is 0.420 e. The third-order valence-corrected chi connectivity index (χ3v) is 7.03. The zero-order valence-electron chi connectivity index (χ0n) is 22.7. The summed E-state index contributed by atoms with van der Waals surface area (Å²) in [6.07, 6.45) is 4.13. The Labute approximate surface area is 226 Å². The lowest BCUT2D eigenvalue weighted by molar-refractivity contribution is 0.0596. The van der Waals surface area contributed by atoms with Crippen LogP contribution in [0.2, 0.25) is 0 Å². The van der Waals surface area contributed by atoms with Crippen molar-refractivity contribution in [3.05, 3.63) is 47.4 Å². The number of amides is 2. The van der Waals surface area contributed by atoms with Gasteiger partial charge in [-0.05, 0) is 83.1 Å². The number of nitrogens with zero attached hydrogens (tertiary/aromatic N) is 5. The van der Waals surface area contributed by atoms with Crippen LogP contribution in [0.1, 0.15) is 69.9 Å². The fraction of sp³-hybridized carbons (Fsp3) is 0.500. The van der Waals surface area contributed by atoms with Crippen molar-refractivity contribution in [3.8, 4) is 5.88 Å². The van der Waals surface area contributed by atoms with E-state index in [1.165, 1.54) is 21.9 Å². The summed E-state index contributed by atoms with van der Waals surface area (Å²) < 4.78 is 28.1. The average Bonchev–Trinajstić information content (AvgIpc) is 3.20. The van der Waals surface area contributed by atoms with Crippen molar-refractivity contribution in [2.45, 2.75) is 77.4 Å². The van der Waals surface area contributed by atoms with E-state index in [1.807, 2.05) is 0 Å². The van der Waals surface area contributed by atoms with Gasteiger partial charge in [0.2, 0.25) is 5.88 Å². The van der Waals surface area contributed by atoms with Crippen LogP contribution in [0, 0.1) is 12.7 Å². The lowest BCUT2D eigenvalue weighted by atomic mass is 9.81. The first-order valence-corrected chi connectivity index (χ1v) is 13.3. The number of carbonyl (C=O) groups is 2. The minimum Gasteiger partial charge on any atom is -0.472 e. The molecule has 3 aromatic rings. The topological polar surface area (TPSA) is 110 Å². The van der Waals surface area contributed by atoms with Crippen molar-refractivity contribution >= 4 is 29.3 Å². The van der Waals surface area contributed by atoms with E-state index >= 15 is 0 Å². The average molecular weight is 540 g/mol. The van der Waals surface area contributed by atoms with E-state index in [4.69, 9.17) is 14.5 Å². The molecule has 10 nitrogen and oxygen atoms in total. The van der Waals surface area contributed by atoms with Crippen LogP contribution in [0.4, 0.5) is 25.5 Å². The van der Waals surface area contributed by atoms with Crippen LogP contribution >= 0.6 is 0 Å². The molecule has 2 amide bonds. The first-order valence-electron chi connectivity index (χ1n) is 13.3. The van der Waals surface area contributed by atoms with Gasteiger partial charge in [-0.3, -0.25) is 0 Å². The van der Waals surface area contributed by atoms with Gasteiger partial charge in [-0.2, -0.15) is 14.6 Å². The van der Waals surface area contributed by atoms with Gasteiger partial charge in [0.05, 0.1) is 18.4 Å². The molecule has 1 aromatic carbocycles. The van der Waals surface area contributed by atoms with Crippen LogP contribution in [0.3, 0.4) is 0 Å². The Morgan fingerprint density at radius 3 is 2.54 bits per heavy atom. The van der Waals surface area contributed by atoms with Crippen LogP contribution < -0.4 is 9.64 Å². The molecule has 0 radical (unpaired) electrons. The summed E-state index contributed by atoms with van der Waals surface area (Å²) in [6.45, 7) is 7.69. The van der Waals surface area contributed by atoms with Gasteiger partial charge in [0.1, 0.15) is 17.5 Å². The third-order valence-electron chi connectivity index (χ3n) is 7.03. The monoisotopic (exact) mass is 539 g/mol. The van der Waals surface area contributed by atoms with E-state index in [0.29, 0.717) is 36.5 Å². The molecular weight excluding hydrogens is 505 g/mol. The van der Waals surface area contributed by atoms with Crippen molar-refractivity contribution < 1.29 is 28.6 Å². The largest absolute Gasteiger partial charge is 0.472 e. The van der Waals surface area contributed by atoms with Crippen molar-refractivity contribution in [1.29, 1.82) is 0 Å². The zero-order chi connectivity index (χ0) is 27.9. The van der Waals surface area contributed by atoms with Gasteiger partial charge in [-0.15, -0.1) is 0 Å². The number of hydrogen-bond donors (Lipinski definition) is 1. The summed E-state index contributed by atoms with van der Waals surface area (Å²) in [5.74, 6) is 0.316. The predicted molar refractivity (Wildman–Crippen MR) is 142 cm³/mol. The molecule has 1 saturated heterocycles. The normalized spacial score (nSPS) is 18.1. The zero-order valence-corrected chi connectivity index (χ0v) is 22.7. The molecule has 0 spiro atoms. The predicted octanol–water partition coefficient (Wildman–Crippen LogP) is 6.04. The number of carboxylic acid groups (broad SMARTS) is 1. The number of aromatic nitrogens is 3. The number of carbonyl (C=O) groups excluding carboxylic acids is 1. The summed E-state index contributed by atoms with van der Waals surface area (Å²) >= 11 is 0. The van der Waals surface area contributed by atoms with Crippen LogP contribution in [-0.2, 0) is 4.74 Å². The number of piperidine rings is 1. The van der Waals surface area contributed by atoms with Crippen molar-refractivity contribution in [1.82, 2.24) is 19.5 Å². The molecule has 1 saturated carbocycles. The van der Waals surface area contributed by atoms with Gasteiger partial charge in [0, 0.05) is 18.2 Å². The Balaban J connectivity index is 1.64. The molecule has 1 N–H and O–H groups in total. The van der Waals surface area contributed by atoms with E-state index in [9.17, 15) is 19.1 Å². The van der Waals surface area contributed by atoms with E-state index in [1.54, 1.807) is 50.5 Å². The molecule has 11 heteroatoms. The van der Waals surface area contributed by atoms with E-state index in [0.717, 1.165) is 24.8 Å². The number of anilines is 2. The number of hydrogen-bond acceptors (Lipinski definition) is 6. The highest BCUT2D eigenvalue weighted by Crippen LogP contribution is 2.40. The van der Waals surface area contributed by atoms with Gasteiger partial charge in [0.15, 0.2) is 11.5 Å². The molecule has 1 unspecified atom stereocenters. The minimum absolute atomic E-state index is 0.213. The highest BCUT2D eigenvalue weighted by Gasteiger charge is 2.32. The fourth-order valence-corrected chi connectivity index (χ4v) is 5.03. The molecule has 5 rings (SSSR count). The Bertz CT molecular complexity index is 1380. The van der Waals surface area contributed by atoms with Crippen LogP contribution in [0.15, 0.2) is 30.5 Å². The number of likely N-dealkylation sites (tertiary alicyclic amines) is 1. The standard InChI is InChI=1S/C28H34FN5O5/c1-17-11-19(29)13-20(12-17)33(27(37)39-28(2,3)4)24-14-23(38-21-9-6-10-32(16-21)26(35)36)31-25-22(15-30-34(24)25)18-7-5-8-18/h11-15,18,21H,5-10,16H2,1-4H3,(H,35,36). The van der Waals surface area contributed by atoms with Crippen LogP contribution in [0.5, 0.6) is 5.88 Å². The summed E-state index contributed by atoms with van der Waals surface area (Å²) in [6, 6.07) is 5.93. The van der Waals surface area contributed by atoms with Gasteiger partial charge in [-0.1, -0.05) is 6.42 Å². The number of rotatable bonds is 5. The minimum atomic E-state index is -0.993. The molecule has 3 heterocycles. The molecule has 208 valence electrons. The molecule has 2 aromatic heterocycles. The van der Waals surface area contributed by atoms with Crippen molar-refractivity contribution in [2.75, 3.05) is 18.0 Å². The Morgan fingerprint density at radius 2 is 1.90 bits per heavy atom. The molecule has 0 bridgehead atoms. The number of ether oxygens (including phenoxy) is 2. The van der Waals surface area contributed by atoms with Gasteiger partial charge < -0.3 is 19.5 Å². The van der Waals surface area contributed by atoms with E-state index in [2.05, 4.69) is 5.10 Å². The lowest BCUT2D eigenvalue weighted by Crippen LogP contribution is -2.43. The number of fused-ring (bicyclic) bond motifs is 1. The highest BCUT2D eigenvalue weighted by molar-refractivity contribution is 5.96. The maximum Gasteiger partial charge on any atom is 0.420 e. The van der Waals surface area contributed by atoms with Crippen molar-refractivity contribution in [2.24, 2.45) is 0 Å². The second kappa shape index (κ2) is 10.3. The fourth-order valence-electron chi connectivity index (χ4n) is 5.03.